The Bertz CT molecular complexity index is 234. The minimum absolute atomic E-state index is 0. The molecule has 0 aromatic heterocycles. The zero-order valence-electron chi connectivity index (χ0n) is 6.20. The molecule has 1 aliphatic heterocycles. The maximum Gasteiger partial charge on any atom is 1.00 e. The predicted octanol–water partition coefficient (Wildman–Crippen LogP) is -2.81. The van der Waals surface area contributed by atoms with Gasteiger partial charge in [-0.15, -0.1) is 0 Å². The number of urea groups is 2. The molecule has 12 heavy (non-hydrogen) atoms. The van der Waals surface area contributed by atoms with E-state index in [0.29, 0.717) is 0 Å². The van der Waals surface area contributed by atoms with E-state index in [9.17, 15) is 14.4 Å². The third-order valence-corrected chi connectivity index (χ3v) is 1.26. The minimum Gasteiger partial charge on any atom is -0.366 e. The Morgan fingerprint density at radius 2 is 2.00 bits per heavy atom. The number of imide groups is 2. The first-order chi connectivity index (χ1) is 5.11. The Morgan fingerprint density at radius 3 is 2.58 bits per heavy atom. The summed E-state index contributed by atoms with van der Waals surface area (Å²) in [6.07, 6.45) is 0. The van der Waals surface area contributed by atoms with Crippen molar-refractivity contribution in [2.24, 2.45) is 0 Å². The van der Waals surface area contributed by atoms with Crippen LogP contribution in [0.1, 0.15) is 0 Å². The van der Waals surface area contributed by atoms with E-state index in [1.807, 2.05) is 0 Å². The van der Waals surface area contributed by atoms with Gasteiger partial charge < -0.3 is 10.6 Å². The standard InChI is InChI=1S/C4H4ClN3O3.Na/c5-8-3(10)6-1-2(9)7-4(8)11;/h1H2,(H2,6,7,9,10,11);/q;+1/p-1. The van der Waals surface area contributed by atoms with Gasteiger partial charge in [0.15, 0.2) is 11.9 Å². The van der Waals surface area contributed by atoms with Gasteiger partial charge in [0.05, 0.1) is 6.54 Å². The van der Waals surface area contributed by atoms with Crippen LogP contribution in [0, 0.1) is 0 Å². The zero-order valence-corrected chi connectivity index (χ0v) is 8.96. The molecule has 1 saturated heterocycles. The van der Waals surface area contributed by atoms with Crippen molar-refractivity contribution in [1.29, 1.82) is 0 Å². The number of halogens is 1. The number of carbonyl (C=O) groups is 3. The van der Waals surface area contributed by atoms with Gasteiger partial charge in [-0.25, -0.2) is 0 Å². The molecule has 0 unspecified atom stereocenters. The van der Waals surface area contributed by atoms with Gasteiger partial charge in [0, 0.05) is 0 Å². The van der Waals surface area contributed by atoms with Crippen molar-refractivity contribution in [3.8, 4) is 0 Å². The monoisotopic (exact) mass is 199 g/mol. The van der Waals surface area contributed by atoms with E-state index in [0.717, 1.165) is 0 Å². The Hall–Kier alpha value is -0.300. The quantitative estimate of drug-likeness (QED) is 0.338. The fourth-order valence-corrected chi connectivity index (χ4v) is 0.595. The average Bonchev–Trinajstić information content (AvgIpc) is 2.05. The SMILES string of the molecule is O=C1CNC(=O)N(Cl)C(=O)[N-]1.[Na+]. The molecule has 0 aromatic rings. The van der Waals surface area contributed by atoms with E-state index in [1.54, 1.807) is 0 Å². The van der Waals surface area contributed by atoms with E-state index >= 15 is 0 Å². The van der Waals surface area contributed by atoms with Crippen LogP contribution in [-0.4, -0.2) is 28.9 Å². The van der Waals surface area contributed by atoms with Gasteiger partial charge in [-0.05, 0) is 0 Å². The van der Waals surface area contributed by atoms with Gasteiger partial charge >= 0.3 is 29.6 Å². The number of hydrogen-bond donors (Lipinski definition) is 1. The number of hydrogen-bond acceptors (Lipinski definition) is 3. The van der Waals surface area contributed by atoms with Gasteiger partial charge in [-0.3, -0.25) is 18.8 Å². The number of amides is 5. The third kappa shape index (κ3) is 2.63. The van der Waals surface area contributed by atoms with Crippen LogP contribution < -0.4 is 34.9 Å². The summed E-state index contributed by atoms with van der Waals surface area (Å²) >= 11 is 5.11. The molecule has 1 heterocycles. The summed E-state index contributed by atoms with van der Waals surface area (Å²) in [5.74, 6) is -0.716. The van der Waals surface area contributed by atoms with Crippen molar-refractivity contribution in [2.45, 2.75) is 0 Å². The molecule has 0 aromatic carbocycles. The third-order valence-electron chi connectivity index (χ3n) is 0.957. The fraction of sp³-hybridized carbons (Fsp3) is 0.250. The van der Waals surface area contributed by atoms with Crippen molar-refractivity contribution in [3.63, 3.8) is 0 Å². The molecule has 1 fully saturated rings. The molecule has 0 atom stereocenters. The second kappa shape index (κ2) is 4.66. The van der Waals surface area contributed by atoms with Crippen molar-refractivity contribution < 1.29 is 43.9 Å². The second-order valence-corrected chi connectivity index (χ2v) is 2.07. The molecule has 0 spiro atoms. The summed E-state index contributed by atoms with van der Waals surface area (Å²) in [7, 11) is 0. The first kappa shape index (κ1) is 11.7. The first-order valence-electron chi connectivity index (χ1n) is 2.63. The molecule has 6 nitrogen and oxygen atoms in total. The van der Waals surface area contributed by atoms with Crippen LogP contribution in [0.4, 0.5) is 9.59 Å². The molecule has 0 aliphatic carbocycles. The predicted molar refractivity (Wildman–Crippen MR) is 34.9 cm³/mol. The van der Waals surface area contributed by atoms with Crippen LogP contribution >= 0.6 is 11.8 Å². The van der Waals surface area contributed by atoms with Crippen LogP contribution in [-0.2, 0) is 4.79 Å². The summed E-state index contributed by atoms with van der Waals surface area (Å²) in [5, 5.41) is 5.01. The Morgan fingerprint density at radius 1 is 1.42 bits per heavy atom. The van der Waals surface area contributed by atoms with E-state index < -0.39 is 18.0 Å². The van der Waals surface area contributed by atoms with Crippen molar-refractivity contribution in [2.75, 3.05) is 6.54 Å². The van der Waals surface area contributed by atoms with Crippen molar-refractivity contribution >= 4 is 29.7 Å². The molecule has 5 amide bonds. The summed E-state index contributed by atoms with van der Waals surface area (Å²) in [4.78, 5) is 31.7. The van der Waals surface area contributed by atoms with Gasteiger partial charge in [0.1, 0.15) is 0 Å². The average molecular weight is 200 g/mol. The first-order valence-corrected chi connectivity index (χ1v) is 2.97. The molecular formula is C4H3ClN3NaO3. The Kier molecular flexibility index (Phi) is 4.54. The molecule has 1 aliphatic rings. The van der Waals surface area contributed by atoms with Crippen LogP contribution in [0.5, 0.6) is 0 Å². The summed E-state index contributed by atoms with van der Waals surface area (Å²) in [6.45, 7) is -0.298. The summed E-state index contributed by atoms with van der Waals surface area (Å²) in [5.41, 5.74) is 0. The van der Waals surface area contributed by atoms with Crippen LogP contribution in [0.2, 0.25) is 0 Å². The van der Waals surface area contributed by atoms with Crippen LogP contribution in [0.25, 0.3) is 5.32 Å². The zero-order chi connectivity index (χ0) is 8.43. The number of nitrogens with one attached hydrogen (secondary N) is 1. The maximum absolute atomic E-state index is 10.6. The van der Waals surface area contributed by atoms with Gasteiger partial charge in [-0.1, -0.05) is 11.8 Å². The van der Waals surface area contributed by atoms with E-state index in [-0.39, 0.29) is 40.5 Å². The molecule has 60 valence electrons. The molecule has 0 bridgehead atoms. The van der Waals surface area contributed by atoms with Crippen molar-refractivity contribution in [3.05, 3.63) is 5.32 Å². The normalized spacial score (nSPS) is 17.4. The van der Waals surface area contributed by atoms with E-state index in [2.05, 4.69) is 10.6 Å². The summed E-state index contributed by atoms with van der Waals surface area (Å²) in [6, 6.07) is -1.90. The van der Waals surface area contributed by atoms with Crippen LogP contribution in [0.3, 0.4) is 0 Å². The second-order valence-electron chi connectivity index (χ2n) is 1.73. The van der Waals surface area contributed by atoms with E-state index in [1.165, 1.54) is 0 Å². The minimum atomic E-state index is -1.06. The smallest absolute Gasteiger partial charge is 0.366 e. The van der Waals surface area contributed by atoms with Gasteiger partial charge in [0.2, 0.25) is 0 Å². The molecular weight excluding hydrogens is 197 g/mol. The Labute approximate surface area is 95.0 Å². The molecule has 8 heteroatoms. The molecule has 0 saturated carbocycles. The van der Waals surface area contributed by atoms with Gasteiger partial charge in [-0.2, -0.15) is 0 Å². The largest absolute Gasteiger partial charge is 1.00 e. The van der Waals surface area contributed by atoms with E-state index in [4.69, 9.17) is 11.8 Å². The molecule has 0 radical (unpaired) electrons. The number of rotatable bonds is 0. The molecule has 1 rings (SSSR count). The fourth-order valence-electron chi connectivity index (χ4n) is 0.498. The summed E-state index contributed by atoms with van der Waals surface area (Å²) < 4.78 is 0.213. The number of nitrogens with zero attached hydrogens (tertiary/aromatic N) is 2. The van der Waals surface area contributed by atoms with Crippen molar-refractivity contribution in [1.82, 2.24) is 9.74 Å². The maximum atomic E-state index is 10.6. The van der Waals surface area contributed by atoms with Gasteiger partial charge in [0.25, 0.3) is 6.03 Å². The van der Waals surface area contributed by atoms with Crippen LogP contribution in [0.15, 0.2) is 0 Å². The molecule has 1 N–H and O–H groups in total. The number of carbonyl (C=O) groups excluding carboxylic acids is 3. The Balaban J connectivity index is 0.00000121. The topological polar surface area (TPSA) is 80.6 Å².